The van der Waals surface area contributed by atoms with Crippen molar-refractivity contribution >= 4 is 38.9 Å². The molecule has 1 amide bonds. The van der Waals surface area contributed by atoms with Gasteiger partial charge in [0, 0.05) is 36.9 Å². The normalized spacial score (nSPS) is 19.2. The van der Waals surface area contributed by atoms with Gasteiger partial charge in [-0.15, -0.1) is 0 Å². The number of ether oxygens (including phenoxy) is 1. The molecule has 33 heavy (non-hydrogen) atoms. The smallest absolute Gasteiger partial charge is 0.416 e. The van der Waals surface area contributed by atoms with E-state index in [1.807, 2.05) is 0 Å². The molecule has 178 valence electrons. The largest absolute Gasteiger partial charge is 0.476 e. The standard InChI is InChI=1S/C21H21ClF3N3O4S/c1-33(30,31)28-13-19(32-18-6-5-15(22)12-17(18)28)20(29)27-9-7-26(8-10-27)16-4-2-3-14(11-16)21(23,24)25/h2-6,11-12,19H,7-10,13H2,1H3/t19-/m1/s1. The molecule has 0 radical (unpaired) electrons. The molecule has 0 bridgehead atoms. The number of halogens is 4. The quantitative estimate of drug-likeness (QED) is 0.643. The summed E-state index contributed by atoms with van der Waals surface area (Å²) in [7, 11) is -3.69. The summed E-state index contributed by atoms with van der Waals surface area (Å²) in [6.45, 7) is 1.00. The number of amides is 1. The molecule has 7 nitrogen and oxygen atoms in total. The lowest BCUT2D eigenvalue weighted by molar-refractivity contribution is -0.139. The van der Waals surface area contributed by atoms with Crippen LogP contribution in [-0.2, 0) is 21.0 Å². The Balaban J connectivity index is 1.46. The summed E-state index contributed by atoms with van der Waals surface area (Å²) in [5.74, 6) is -0.148. The number of fused-ring (bicyclic) bond motifs is 1. The van der Waals surface area contributed by atoms with E-state index in [4.69, 9.17) is 16.3 Å². The number of piperazine rings is 1. The molecule has 0 unspecified atom stereocenters. The van der Waals surface area contributed by atoms with Crippen LogP contribution in [0.4, 0.5) is 24.5 Å². The third kappa shape index (κ3) is 4.98. The molecular formula is C21H21ClF3N3O4S. The number of hydrogen-bond acceptors (Lipinski definition) is 5. The first-order valence-electron chi connectivity index (χ1n) is 10.1. The summed E-state index contributed by atoms with van der Waals surface area (Å²) in [5, 5.41) is 0.335. The highest BCUT2D eigenvalue weighted by Gasteiger charge is 2.38. The number of benzene rings is 2. The maximum atomic E-state index is 13.1. The van der Waals surface area contributed by atoms with E-state index in [-0.39, 0.29) is 37.0 Å². The Hall–Kier alpha value is -2.66. The number of carbonyl (C=O) groups excluding carboxylic acids is 1. The second kappa shape index (κ2) is 8.60. The van der Waals surface area contributed by atoms with Gasteiger partial charge in [-0.1, -0.05) is 17.7 Å². The van der Waals surface area contributed by atoms with Gasteiger partial charge in [0.25, 0.3) is 5.91 Å². The molecule has 0 N–H and O–H groups in total. The van der Waals surface area contributed by atoms with Crippen LogP contribution in [0.25, 0.3) is 0 Å². The molecule has 0 aliphatic carbocycles. The number of sulfonamides is 1. The SMILES string of the molecule is CS(=O)(=O)N1C[C@H](C(=O)N2CCN(c3cccc(C(F)(F)F)c3)CC2)Oc2ccc(Cl)cc21. The van der Waals surface area contributed by atoms with Crippen LogP contribution in [0, 0.1) is 0 Å². The van der Waals surface area contributed by atoms with Gasteiger partial charge in [-0.2, -0.15) is 13.2 Å². The van der Waals surface area contributed by atoms with Crippen LogP contribution in [0.3, 0.4) is 0 Å². The first-order valence-corrected chi connectivity index (χ1v) is 12.3. The molecule has 2 aliphatic rings. The highest BCUT2D eigenvalue weighted by molar-refractivity contribution is 7.92. The highest BCUT2D eigenvalue weighted by atomic mass is 35.5. The van der Waals surface area contributed by atoms with Gasteiger partial charge in [-0.05, 0) is 36.4 Å². The van der Waals surface area contributed by atoms with Crippen molar-refractivity contribution in [3.05, 3.63) is 53.1 Å². The lowest BCUT2D eigenvalue weighted by atomic mass is 10.1. The van der Waals surface area contributed by atoms with E-state index in [0.717, 1.165) is 22.7 Å². The predicted molar refractivity (Wildman–Crippen MR) is 118 cm³/mol. The minimum absolute atomic E-state index is 0.196. The van der Waals surface area contributed by atoms with Gasteiger partial charge in [0.15, 0.2) is 6.10 Å². The summed E-state index contributed by atoms with van der Waals surface area (Å²) < 4.78 is 70.6. The van der Waals surface area contributed by atoms with Crippen molar-refractivity contribution < 1.29 is 31.1 Å². The number of rotatable bonds is 3. The highest BCUT2D eigenvalue weighted by Crippen LogP contribution is 2.37. The molecule has 2 aromatic rings. The molecule has 12 heteroatoms. The zero-order valence-corrected chi connectivity index (χ0v) is 19.1. The van der Waals surface area contributed by atoms with E-state index in [0.29, 0.717) is 23.8 Å². The second-order valence-corrected chi connectivity index (χ2v) is 10.2. The van der Waals surface area contributed by atoms with Crippen molar-refractivity contribution in [2.75, 3.05) is 48.2 Å². The monoisotopic (exact) mass is 503 g/mol. The number of carbonyl (C=O) groups is 1. The Morgan fingerprint density at radius 1 is 1.09 bits per heavy atom. The lowest BCUT2D eigenvalue weighted by Crippen LogP contribution is -2.56. The van der Waals surface area contributed by atoms with E-state index in [1.165, 1.54) is 23.1 Å². The summed E-state index contributed by atoms with van der Waals surface area (Å²) >= 11 is 5.99. The third-order valence-electron chi connectivity index (χ3n) is 5.60. The molecule has 2 aliphatic heterocycles. The summed E-state index contributed by atoms with van der Waals surface area (Å²) in [4.78, 5) is 16.4. The van der Waals surface area contributed by atoms with Gasteiger partial charge in [0.2, 0.25) is 10.0 Å². The molecule has 0 saturated carbocycles. The molecule has 4 rings (SSSR count). The summed E-state index contributed by atoms with van der Waals surface area (Å²) in [5.41, 5.74) is -0.0305. The Morgan fingerprint density at radius 3 is 2.42 bits per heavy atom. The topological polar surface area (TPSA) is 70.2 Å². The minimum Gasteiger partial charge on any atom is -0.476 e. The number of alkyl halides is 3. The van der Waals surface area contributed by atoms with E-state index in [1.54, 1.807) is 17.0 Å². The molecule has 1 fully saturated rings. The average Bonchev–Trinajstić information content (AvgIpc) is 2.77. The zero-order valence-electron chi connectivity index (χ0n) is 17.5. The van der Waals surface area contributed by atoms with Crippen molar-refractivity contribution in [3.8, 4) is 5.75 Å². The fourth-order valence-electron chi connectivity index (χ4n) is 3.93. The molecule has 0 spiro atoms. The zero-order chi connectivity index (χ0) is 24.0. The fraction of sp³-hybridized carbons (Fsp3) is 0.381. The summed E-state index contributed by atoms with van der Waals surface area (Å²) in [6.07, 6.45) is -4.44. The maximum absolute atomic E-state index is 13.1. The van der Waals surface area contributed by atoms with Crippen LogP contribution in [-0.4, -0.2) is 64.3 Å². The van der Waals surface area contributed by atoms with Crippen molar-refractivity contribution in [1.29, 1.82) is 0 Å². The van der Waals surface area contributed by atoms with Crippen molar-refractivity contribution in [1.82, 2.24) is 4.90 Å². The number of hydrogen-bond donors (Lipinski definition) is 0. The van der Waals surface area contributed by atoms with E-state index < -0.39 is 27.9 Å². The lowest BCUT2D eigenvalue weighted by Gasteiger charge is -2.40. The molecule has 2 aromatic carbocycles. The van der Waals surface area contributed by atoms with Gasteiger partial charge in [-0.3, -0.25) is 9.10 Å². The minimum atomic E-state index is -4.43. The van der Waals surface area contributed by atoms with Crippen LogP contribution in [0.15, 0.2) is 42.5 Å². The number of anilines is 2. The van der Waals surface area contributed by atoms with Crippen LogP contribution in [0.1, 0.15) is 5.56 Å². The van der Waals surface area contributed by atoms with Crippen LogP contribution in [0.5, 0.6) is 5.75 Å². The van der Waals surface area contributed by atoms with Gasteiger partial charge < -0.3 is 14.5 Å². The molecule has 2 heterocycles. The molecule has 1 saturated heterocycles. The second-order valence-electron chi connectivity index (χ2n) is 7.87. The van der Waals surface area contributed by atoms with Crippen molar-refractivity contribution in [2.45, 2.75) is 12.3 Å². The summed E-state index contributed by atoms with van der Waals surface area (Å²) in [6, 6.07) is 9.59. The Kier molecular flexibility index (Phi) is 6.12. The van der Waals surface area contributed by atoms with Gasteiger partial charge >= 0.3 is 6.18 Å². The fourth-order valence-corrected chi connectivity index (χ4v) is 5.01. The predicted octanol–water partition coefficient (Wildman–Crippen LogP) is 3.23. The Labute approximate surface area is 194 Å². The first kappa shape index (κ1) is 23.5. The molecular weight excluding hydrogens is 483 g/mol. The van der Waals surface area contributed by atoms with Gasteiger partial charge in [0.1, 0.15) is 5.75 Å². The molecule has 1 atom stereocenters. The van der Waals surface area contributed by atoms with Crippen molar-refractivity contribution in [2.24, 2.45) is 0 Å². The average molecular weight is 504 g/mol. The van der Waals surface area contributed by atoms with Crippen LogP contribution < -0.4 is 13.9 Å². The van der Waals surface area contributed by atoms with Gasteiger partial charge in [0.05, 0.1) is 24.1 Å². The Morgan fingerprint density at radius 2 is 1.79 bits per heavy atom. The molecule has 0 aromatic heterocycles. The van der Waals surface area contributed by atoms with Gasteiger partial charge in [-0.25, -0.2) is 8.42 Å². The maximum Gasteiger partial charge on any atom is 0.416 e. The van der Waals surface area contributed by atoms with E-state index in [2.05, 4.69) is 0 Å². The van der Waals surface area contributed by atoms with E-state index >= 15 is 0 Å². The van der Waals surface area contributed by atoms with Crippen LogP contribution in [0.2, 0.25) is 5.02 Å². The first-order chi connectivity index (χ1) is 15.4. The van der Waals surface area contributed by atoms with Crippen molar-refractivity contribution in [3.63, 3.8) is 0 Å². The third-order valence-corrected chi connectivity index (χ3v) is 6.98. The Bertz CT molecular complexity index is 1170. The van der Waals surface area contributed by atoms with Crippen LogP contribution >= 0.6 is 11.6 Å². The van der Waals surface area contributed by atoms with E-state index in [9.17, 15) is 26.4 Å². The number of nitrogens with zero attached hydrogens (tertiary/aromatic N) is 3.